The first-order valence-corrected chi connectivity index (χ1v) is 5.74. The monoisotopic (exact) mass is 256 g/mol. The first kappa shape index (κ1) is 9.90. The molecule has 1 aromatic heterocycles. The third kappa shape index (κ3) is 1.63. The van der Waals surface area contributed by atoms with Gasteiger partial charge in [0.25, 0.3) is 0 Å². The van der Waals surface area contributed by atoms with E-state index < -0.39 is 0 Å². The van der Waals surface area contributed by atoms with E-state index in [4.69, 9.17) is 0 Å². The minimum atomic E-state index is 0.374. The van der Waals surface area contributed by atoms with Crippen molar-refractivity contribution < 1.29 is 4.79 Å². The Hall–Kier alpha value is -0.640. The predicted octanol–water partition coefficient (Wildman–Crippen LogP) is 2.50. The van der Waals surface area contributed by atoms with Crippen LogP contribution in [-0.2, 0) is 11.3 Å². The molecule has 1 saturated carbocycles. The number of halogens is 1. The average molecular weight is 257 g/mol. The molecule has 76 valence electrons. The Morgan fingerprint density at radius 3 is 3.07 bits per heavy atom. The molecular formula is C10H13BrN2O. The van der Waals surface area contributed by atoms with E-state index in [1.165, 1.54) is 5.69 Å². The number of hydrogen-bond acceptors (Lipinski definition) is 2. The minimum absolute atomic E-state index is 0.374. The van der Waals surface area contributed by atoms with E-state index in [-0.39, 0.29) is 0 Å². The maximum Gasteiger partial charge on any atom is 0.133 e. The van der Waals surface area contributed by atoms with Gasteiger partial charge in [-0.3, -0.25) is 9.48 Å². The maximum absolute atomic E-state index is 11.2. The van der Waals surface area contributed by atoms with Crippen LogP contribution in [0.5, 0.6) is 0 Å². The number of nitrogens with zero attached hydrogens (tertiary/aromatic N) is 2. The van der Waals surface area contributed by atoms with Crippen LogP contribution < -0.4 is 0 Å². The van der Waals surface area contributed by atoms with Crippen LogP contribution in [-0.4, -0.2) is 15.6 Å². The van der Waals surface area contributed by atoms with Crippen molar-refractivity contribution in [3.63, 3.8) is 0 Å². The summed E-state index contributed by atoms with van der Waals surface area (Å²) in [6.45, 7) is 2.94. The average Bonchev–Trinajstić information content (AvgIpc) is 2.71. The van der Waals surface area contributed by atoms with E-state index >= 15 is 0 Å². The Morgan fingerprint density at radius 2 is 2.50 bits per heavy atom. The minimum Gasteiger partial charge on any atom is -0.300 e. The van der Waals surface area contributed by atoms with Crippen molar-refractivity contribution in [3.05, 3.63) is 16.4 Å². The van der Waals surface area contributed by atoms with Crippen molar-refractivity contribution in [2.75, 3.05) is 0 Å². The lowest BCUT2D eigenvalue weighted by Gasteiger charge is -2.11. The second kappa shape index (κ2) is 3.85. The summed E-state index contributed by atoms with van der Waals surface area (Å²) in [5, 5.41) is 4.26. The first-order valence-electron chi connectivity index (χ1n) is 4.95. The van der Waals surface area contributed by atoms with Gasteiger partial charge in [0, 0.05) is 25.3 Å². The van der Waals surface area contributed by atoms with Gasteiger partial charge < -0.3 is 0 Å². The highest BCUT2D eigenvalue weighted by Gasteiger charge is 2.27. The molecule has 14 heavy (non-hydrogen) atoms. The molecule has 4 heteroatoms. The summed E-state index contributed by atoms with van der Waals surface area (Å²) >= 11 is 3.49. The van der Waals surface area contributed by atoms with Gasteiger partial charge in [-0.05, 0) is 29.3 Å². The maximum atomic E-state index is 11.2. The normalized spacial score (nSPS) is 21.9. The lowest BCUT2D eigenvalue weighted by atomic mass is 10.0. The number of Topliss-reactive ketones (excluding diaryl/α,β-unsaturated/α-hetero) is 1. The number of ketones is 1. The predicted molar refractivity (Wildman–Crippen MR) is 57.2 cm³/mol. The number of aromatic nitrogens is 2. The van der Waals surface area contributed by atoms with Crippen LogP contribution in [0.2, 0.25) is 0 Å². The van der Waals surface area contributed by atoms with E-state index in [0.29, 0.717) is 18.1 Å². The second-order valence-electron chi connectivity index (χ2n) is 3.67. The zero-order valence-electron chi connectivity index (χ0n) is 8.16. The number of carbonyl (C=O) groups excluding carboxylic acids is 1. The summed E-state index contributed by atoms with van der Waals surface area (Å²) < 4.78 is 3.02. The van der Waals surface area contributed by atoms with E-state index in [2.05, 4.69) is 28.0 Å². The highest BCUT2D eigenvalue weighted by atomic mass is 79.9. The molecule has 0 saturated heterocycles. The molecule has 0 aromatic carbocycles. The fraction of sp³-hybridized carbons (Fsp3) is 0.600. The molecule has 2 rings (SSSR count). The van der Waals surface area contributed by atoms with Gasteiger partial charge in [-0.15, -0.1) is 0 Å². The van der Waals surface area contributed by atoms with Crippen molar-refractivity contribution >= 4 is 21.7 Å². The van der Waals surface area contributed by atoms with Crippen molar-refractivity contribution in [1.29, 1.82) is 0 Å². The fourth-order valence-electron chi connectivity index (χ4n) is 2.08. The Balaban J connectivity index is 2.30. The number of aryl methyl sites for hydroxylation is 1. The van der Waals surface area contributed by atoms with Gasteiger partial charge in [-0.25, -0.2) is 0 Å². The van der Waals surface area contributed by atoms with E-state index in [9.17, 15) is 4.79 Å². The summed E-state index contributed by atoms with van der Waals surface area (Å²) in [6, 6.07) is 0. The van der Waals surface area contributed by atoms with Crippen molar-refractivity contribution in [1.82, 2.24) is 9.78 Å². The van der Waals surface area contributed by atoms with Gasteiger partial charge in [0.2, 0.25) is 0 Å². The third-order valence-corrected chi connectivity index (χ3v) is 3.38. The molecule has 0 aliphatic heterocycles. The first-order chi connectivity index (χ1) is 6.72. The summed E-state index contributed by atoms with van der Waals surface area (Å²) in [6.07, 6.45) is 4.21. The molecule has 1 aliphatic carbocycles. The van der Waals surface area contributed by atoms with Gasteiger partial charge >= 0.3 is 0 Å². The van der Waals surface area contributed by atoms with Crippen LogP contribution in [0, 0.1) is 0 Å². The smallest absolute Gasteiger partial charge is 0.133 e. The molecule has 0 bridgehead atoms. The topological polar surface area (TPSA) is 34.9 Å². The quantitative estimate of drug-likeness (QED) is 0.815. The van der Waals surface area contributed by atoms with Crippen LogP contribution in [0.15, 0.2) is 10.7 Å². The Kier molecular flexibility index (Phi) is 2.72. The van der Waals surface area contributed by atoms with E-state index in [1.54, 1.807) is 0 Å². The summed E-state index contributed by atoms with van der Waals surface area (Å²) in [5.74, 6) is 0.755. The van der Waals surface area contributed by atoms with Crippen LogP contribution in [0.3, 0.4) is 0 Å². The SMILES string of the molecule is CCn1ncc(Br)c1C1CCC(=O)C1. The highest BCUT2D eigenvalue weighted by Crippen LogP contribution is 2.35. The molecule has 1 atom stereocenters. The standard InChI is InChI=1S/C10H13BrN2O/c1-2-13-10(9(11)6-12-13)7-3-4-8(14)5-7/h6-7H,2-5H2,1H3. The lowest BCUT2D eigenvalue weighted by molar-refractivity contribution is -0.117. The van der Waals surface area contributed by atoms with Gasteiger partial charge in [0.05, 0.1) is 16.4 Å². The molecule has 1 heterocycles. The molecule has 0 spiro atoms. The van der Waals surface area contributed by atoms with Gasteiger partial charge in [0.1, 0.15) is 5.78 Å². The fourth-order valence-corrected chi connectivity index (χ4v) is 2.70. The summed E-state index contributed by atoms with van der Waals surface area (Å²) in [4.78, 5) is 11.2. The molecule has 0 amide bonds. The Morgan fingerprint density at radius 1 is 1.71 bits per heavy atom. The molecule has 0 radical (unpaired) electrons. The number of rotatable bonds is 2. The molecule has 3 nitrogen and oxygen atoms in total. The van der Waals surface area contributed by atoms with Crippen LogP contribution in [0.4, 0.5) is 0 Å². The molecule has 1 unspecified atom stereocenters. The van der Waals surface area contributed by atoms with E-state index in [0.717, 1.165) is 23.9 Å². The van der Waals surface area contributed by atoms with Crippen LogP contribution >= 0.6 is 15.9 Å². The number of carbonyl (C=O) groups is 1. The van der Waals surface area contributed by atoms with Gasteiger partial charge in [-0.1, -0.05) is 0 Å². The zero-order chi connectivity index (χ0) is 10.1. The highest BCUT2D eigenvalue weighted by molar-refractivity contribution is 9.10. The Labute approximate surface area is 91.6 Å². The summed E-state index contributed by atoms with van der Waals surface area (Å²) in [5.41, 5.74) is 1.19. The van der Waals surface area contributed by atoms with Crippen molar-refractivity contribution in [2.45, 2.75) is 38.6 Å². The molecule has 0 N–H and O–H groups in total. The zero-order valence-corrected chi connectivity index (χ0v) is 9.75. The van der Waals surface area contributed by atoms with Crippen LogP contribution in [0.1, 0.15) is 37.8 Å². The lowest BCUT2D eigenvalue weighted by Crippen LogP contribution is -2.06. The van der Waals surface area contributed by atoms with Crippen molar-refractivity contribution in [2.24, 2.45) is 0 Å². The molecule has 1 aliphatic rings. The largest absolute Gasteiger partial charge is 0.300 e. The summed E-state index contributed by atoms with van der Waals surface area (Å²) in [7, 11) is 0. The molecule has 1 aromatic rings. The van der Waals surface area contributed by atoms with Crippen molar-refractivity contribution in [3.8, 4) is 0 Å². The van der Waals surface area contributed by atoms with Crippen LogP contribution in [0.25, 0.3) is 0 Å². The van der Waals surface area contributed by atoms with Gasteiger partial charge in [0.15, 0.2) is 0 Å². The molecular weight excluding hydrogens is 244 g/mol. The Bertz CT molecular complexity index is 359. The number of hydrogen-bond donors (Lipinski definition) is 0. The third-order valence-electron chi connectivity index (χ3n) is 2.77. The second-order valence-corrected chi connectivity index (χ2v) is 4.53. The molecule has 1 fully saturated rings. The van der Waals surface area contributed by atoms with E-state index in [1.807, 2.05) is 10.9 Å². The van der Waals surface area contributed by atoms with Gasteiger partial charge in [-0.2, -0.15) is 5.10 Å².